The number of fused-ring (bicyclic) bond motifs is 2. The molecule has 3 N–H and O–H groups in total. The van der Waals surface area contributed by atoms with Gasteiger partial charge in [-0.05, 0) is 0 Å². The molecule has 2 aromatic rings. The SMILES string of the molecule is C=CC(=O)OCCOc1cc(O)c2c(c1N)C(=O)c1ccccc1C2=O. The molecule has 26 heavy (non-hydrogen) atoms. The maximum atomic E-state index is 12.8. The molecule has 0 radical (unpaired) electrons. The van der Waals surface area contributed by atoms with Gasteiger partial charge >= 0.3 is 5.97 Å². The molecular formula is C19H15NO6. The third-order valence-electron chi connectivity index (χ3n) is 3.93. The number of ether oxygens (including phenoxy) is 2. The molecule has 0 heterocycles. The van der Waals surface area contributed by atoms with Gasteiger partial charge in [0.05, 0.1) is 16.8 Å². The number of benzene rings is 2. The third-order valence-corrected chi connectivity index (χ3v) is 3.93. The number of nitrogen functional groups attached to an aromatic ring is 1. The molecule has 7 heteroatoms. The van der Waals surface area contributed by atoms with Crippen LogP contribution in [0.2, 0.25) is 0 Å². The van der Waals surface area contributed by atoms with E-state index in [1.54, 1.807) is 12.1 Å². The van der Waals surface area contributed by atoms with E-state index in [4.69, 9.17) is 15.2 Å². The van der Waals surface area contributed by atoms with Crippen molar-refractivity contribution < 1.29 is 29.0 Å². The van der Waals surface area contributed by atoms with E-state index in [0.29, 0.717) is 0 Å². The first-order valence-electron chi connectivity index (χ1n) is 7.71. The molecule has 0 atom stereocenters. The highest BCUT2D eigenvalue weighted by atomic mass is 16.6. The molecule has 1 aliphatic carbocycles. The summed E-state index contributed by atoms with van der Waals surface area (Å²) in [6.45, 7) is 3.14. The van der Waals surface area contributed by atoms with Crippen molar-refractivity contribution in [3.8, 4) is 11.5 Å². The minimum Gasteiger partial charge on any atom is -0.507 e. The van der Waals surface area contributed by atoms with E-state index in [1.165, 1.54) is 18.2 Å². The molecule has 0 spiro atoms. The number of phenolic OH excluding ortho intramolecular Hbond substituents is 1. The van der Waals surface area contributed by atoms with Gasteiger partial charge in [-0.2, -0.15) is 0 Å². The predicted molar refractivity (Wildman–Crippen MR) is 92.5 cm³/mol. The number of aromatic hydroxyl groups is 1. The number of ketones is 2. The van der Waals surface area contributed by atoms with Crippen molar-refractivity contribution in [3.05, 3.63) is 65.2 Å². The largest absolute Gasteiger partial charge is 0.507 e. The summed E-state index contributed by atoms with van der Waals surface area (Å²) in [4.78, 5) is 36.4. The fourth-order valence-electron chi connectivity index (χ4n) is 2.75. The molecule has 0 aliphatic heterocycles. The number of anilines is 1. The number of rotatable bonds is 5. The smallest absolute Gasteiger partial charge is 0.330 e. The summed E-state index contributed by atoms with van der Waals surface area (Å²) in [6, 6.07) is 7.49. The van der Waals surface area contributed by atoms with Gasteiger partial charge in [0.15, 0.2) is 11.6 Å². The van der Waals surface area contributed by atoms with Gasteiger partial charge in [0.2, 0.25) is 0 Å². The standard InChI is InChI=1S/C19H15NO6/c1-2-14(22)26-8-7-25-13-9-12(21)15-16(17(13)20)19(24)11-6-4-3-5-10(11)18(15)23/h2-6,9,21H,1,7-8,20H2. The minimum absolute atomic E-state index is 0.0245. The maximum absolute atomic E-state index is 12.8. The van der Waals surface area contributed by atoms with Crippen molar-refractivity contribution in [2.45, 2.75) is 0 Å². The normalized spacial score (nSPS) is 12.2. The zero-order chi connectivity index (χ0) is 18.8. The van der Waals surface area contributed by atoms with Gasteiger partial charge in [-0.3, -0.25) is 9.59 Å². The van der Waals surface area contributed by atoms with Gasteiger partial charge < -0.3 is 20.3 Å². The van der Waals surface area contributed by atoms with Crippen molar-refractivity contribution >= 4 is 23.2 Å². The molecule has 0 aromatic heterocycles. The fourth-order valence-corrected chi connectivity index (χ4v) is 2.75. The van der Waals surface area contributed by atoms with Crippen LogP contribution in [-0.2, 0) is 9.53 Å². The predicted octanol–water partition coefficient (Wildman–Crippen LogP) is 1.86. The Bertz CT molecular complexity index is 947. The summed E-state index contributed by atoms with van der Waals surface area (Å²) in [6.07, 6.45) is 1.01. The number of carbonyl (C=O) groups excluding carboxylic acids is 3. The zero-order valence-corrected chi connectivity index (χ0v) is 13.7. The monoisotopic (exact) mass is 353 g/mol. The summed E-state index contributed by atoms with van der Waals surface area (Å²) >= 11 is 0. The highest BCUT2D eigenvalue weighted by molar-refractivity contribution is 6.31. The van der Waals surface area contributed by atoms with Crippen LogP contribution in [0, 0.1) is 0 Å². The van der Waals surface area contributed by atoms with Crippen LogP contribution in [-0.4, -0.2) is 35.9 Å². The molecule has 0 saturated heterocycles. The van der Waals surface area contributed by atoms with E-state index in [0.717, 1.165) is 6.08 Å². The van der Waals surface area contributed by atoms with E-state index in [-0.39, 0.29) is 46.9 Å². The Kier molecular flexibility index (Phi) is 4.45. The van der Waals surface area contributed by atoms with Gasteiger partial charge in [0.1, 0.15) is 24.7 Å². The Labute approximate surface area is 148 Å². The van der Waals surface area contributed by atoms with E-state index >= 15 is 0 Å². The second-order valence-corrected chi connectivity index (χ2v) is 5.48. The molecule has 0 bridgehead atoms. The van der Waals surface area contributed by atoms with Crippen molar-refractivity contribution in [3.63, 3.8) is 0 Å². The van der Waals surface area contributed by atoms with Gasteiger partial charge in [0.25, 0.3) is 0 Å². The first-order valence-corrected chi connectivity index (χ1v) is 7.71. The summed E-state index contributed by atoms with van der Waals surface area (Å²) in [5.41, 5.74) is 6.16. The topological polar surface area (TPSA) is 116 Å². The molecule has 0 unspecified atom stereocenters. The van der Waals surface area contributed by atoms with Crippen LogP contribution in [0.5, 0.6) is 11.5 Å². The molecule has 0 amide bonds. The number of phenols is 1. The summed E-state index contributed by atoms with van der Waals surface area (Å²) in [7, 11) is 0. The van der Waals surface area contributed by atoms with Crippen molar-refractivity contribution in [1.29, 1.82) is 0 Å². The summed E-state index contributed by atoms with van der Waals surface area (Å²) in [5, 5.41) is 10.3. The lowest BCUT2D eigenvalue weighted by Crippen LogP contribution is -2.23. The molecule has 0 fully saturated rings. The van der Waals surface area contributed by atoms with E-state index in [1.807, 2.05) is 0 Å². The Morgan fingerprint density at radius 1 is 1.12 bits per heavy atom. The molecular weight excluding hydrogens is 338 g/mol. The quantitative estimate of drug-likeness (QED) is 0.236. The van der Waals surface area contributed by atoms with Crippen LogP contribution in [0.4, 0.5) is 5.69 Å². The zero-order valence-electron chi connectivity index (χ0n) is 13.7. The van der Waals surface area contributed by atoms with Crippen LogP contribution >= 0.6 is 0 Å². The number of nitrogens with two attached hydrogens (primary N) is 1. The number of carbonyl (C=O) groups is 3. The lowest BCUT2D eigenvalue weighted by molar-refractivity contribution is -0.138. The van der Waals surface area contributed by atoms with Gasteiger partial charge in [0, 0.05) is 23.3 Å². The molecule has 3 rings (SSSR count). The van der Waals surface area contributed by atoms with Crippen LogP contribution in [0.1, 0.15) is 31.8 Å². The van der Waals surface area contributed by atoms with E-state index in [2.05, 4.69) is 6.58 Å². The lowest BCUT2D eigenvalue weighted by atomic mass is 9.82. The summed E-state index contributed by atoms with van der Waals surface area (Å²) < 4.78 is 10.2. The van der Waals surface area contributed by atoms with Crippen LogP contribution in [0.25, 0.3) is 0 Å². The average molecular weight is 353 g/mol. The number of esters is 1. The second kappa shape index (κ2) is 6.72. The van der Waals surface area contributed by atoms with Crippen LogP contribution < -0.4 is 10.5 Å². The number of hydrogen-bond donors (Lipinski definition) is 2. The highest BCUT2D eigenvalue weighted by Gasteiger charge is 2.35. The average Bonchev–Trinajstić information content (AvgIpc) is 2.65. The van der Waals surface area contributed by atoms with Gasteiger partial charge in [-0.15, -0.1) is 0 Å². The van der Waals surface area contributed by atoms with Crippen molar-refractivity contribution in [2.75, 3.05) is 18.9 Å². The second-order valence-electron chi connectivity index (χ2n) is 5.48. The van der Waals surface area contributed by atoms with E-state index in [9.17, 15) is 19.5 Å². The molecule has 1 aliphatic rings. The molecule has 0 saturated carbocycles. The van der Waals surface area contributed by atoms with Gasteiger partial charge in [-0.1, -0.05) is 30.8 Å². The Morgan fingerprint density at radius 3 is 2.35 bits per heavy atom. The fraction of sp³-hybridized carbons (Fsp3) is 0.105. The van der Waals surface area contributed by atoms with E-state index < -0.39 is 23.3 Å². The number of hydrogen-bond acceptors (Lipinski definition) is 7. The Balaban J connectivity index is 1.94. The van der Waals surface area contributed by atoms with Gasteiger partial charge in [-0.25, -0.2) is 4.79 Å². The van der Waals surface area contributed by atoms with Crippen LogP contribution in [0.15, 0.2) is 43.0 Å². The molecule has 2 aromatic carbocycles. The minimum atomic E-state index is -0.604. The molecule has 7 nitrogen and oxygen atoms in total. The third kappa shape index (κ3) is 2.79. The Morgan fingerprint density at radius 2 is 1.73 bits per heavy atom. The van der Waals surface area contributed by atoms with Crippen molar-refractivity contribution in [1.82, 2.24) is 0 Å². The first kappa shape index (κ1) is 17.2. The molecule has 132 valence electrons. The lowest BCUT2D eigenvalue weighted by Gasteiger charge is -2.21. The van der Waals surface area contributed by atoms with Crippen molar-refractivity contribution in [2.24, 2.45) is 0 Å². The highest BCUT2D eigenvalue weighted by Crippen LogP contribution is 2.41. The Hall–Kier alpha value is -3.61. The maximum Gasteiger partial charge on any atom is 0.330 e. The first-order chi connectivity index (χ1) is 12.5. The van der Waals surface area contributed by atoms with Crippen LogP contribution in [0.3, 0.4) is 0 Å². The summed E-state index contributed by atoms with van der Waals surface area (Å²) in [5.74, 6) is -1.93.